The number of ketones is 1. The highest BCUT2D eigenvalue weighted by molar-refractivity contribution is 7.10. The van der Waals surface area contributed by atoms with E-state index in [1.54, 1.807) is 48.1 Å². The molecule has 0 radical (unpaired) electrons. The molecule has 0 saturated carbocycles. The SMILES string of the molecule is COc1ccc(C(=O)CCC(=O)N2CCC(c3nc(C(=O)NCc4cccs4)cs3)CC2)cc1. The predicted octanol–water partition coefficient (Wildman–Crippen LogP) is 4.51. The van der Waals surface area contributed by atoms with Gasteiger partial charge < -0.3 is 15.0 Å². The molecule has 0 spiro atoms. The Hall–Kier alpha value is -3.04. The maximum absolute atomic E-state index is 12.6. The van der Waals surface area contributed by atoms with Gasteiger partial charge in [0.1, 0.15) is 11.4 Å². The molecule has 34 heavy (non-hydrogen) atoms. The number of hydrogen-bond acceptors (Lipinski definition) is 7. The van der Waals surface area contributed by atoms with Crippen molar-refractivity contribution < 1.29 is 19.1 Å². The number of thiophene rings is 1. The molecule has 1 aromatic carbocycles. The highest BCUT2D eigenvalue weighted by atomic mass is 32.1. The predicted molar refractivity (Wildman–Crippen MR) is 133 cm³/mol. The van der Waals surface area contributed by atoms with E-state index in [1.807, 2.05) is 22.4 Å². The number of carbonyl (C=O) groups is 3. The van der Waals surface area contributed by atoms with E-state index in [0.717, 1.165) is 22.7 Å². The van der Waals surface area contributed by atoms with Crippen LogP contribution in [0.5, 0.6) is 5.75 Å². The highest BCUT2D eigenvalue weighted by Crippen LogP contribution is 2.30. The van der Waals surface area contributed by atoms with Crippen molar-refractivity contribution in [3.63, 3.8) is 0 Å². The standard InChI is InChI=1S/C25H27N3O4S2/c1-32-19-6-4-17(5-7-19)22(29)8-9-23(30)28-12-10-18(11-13-28)25-27-21(16-34-25)24(31)26-15-20-3-2-14-33-20/h2-7,14,16,18H,8-13,15H2,1H3,(H,26,31). The molecule has 2 aromatic heterocycles. The third kappa shape index (κ3) is 6.09. The average Bonchev–Trinajstić information content (AvgIpc) is 3.58. The lowest BCUT2D eigenvalue weighted by Crippen LogP contribution is -2.38. The molecule has 1 saturated heterocycles. The zero-order chi connectivity index (χ0) is 23.9. The van der Waals surface area contributed by atoms with Crippen LogP contribution in [0.1, 0.15) is 62.3 Å². The van der Waals surface area contributed by atoms with Crippen molar-refractivity contribution in [2.24, 2.45) is 0 Å². The number of benzene rings is 1. The number of amides is 2. The molecule has 0 unspecified atom stereocenters. The van der Waals surface area contributed by atoms with Crippen molar-refractivity contribution >= 4 is 40.3 Å². The van der Waals surface area contributed by atoms with Gasteiger partial charge >= 0.3 is 0 Å². The Morgan fingerprint density at radius 1 is 1.09 bits per heavy atom. The molecular formula is C25H27N3O4S2. The van der Waals surface area contributed by atoms with Gasteiger partial charge in [-0.1, -0.05) is 6.07 Å². The summed E-state index contributed by atoms with van der Waals surface area (Å²) < 4.78 is 5.11. The summed E-state index contributed by atoms with van der Waals surface area (Å²) in [5, 5.41) is 7.65. The topological polar surface area (TPSA) is 88.6 Å². The third-order valence-corrected chi connectivity index (χ3v) is 7.82. The van der Waals surface area contributed by atoms with E-state index in [9.17, 15) is 14.4 Å². The van der Waals surface area contributed by atoms with Crippen molar-refractivity contribution in [2.75, 3.05) is 20.2 Å². The summed E-state index contributed by atoms with van der Waals surface area (Å²) in [7, 11) is 1.58. The van der Waals surface area contributed by atoms with Gasteiger partial charge in [0.25, 0.3) is 5.91 Å². The Kier molecular flexibility index (Phi) is 8.08. The fraction of sp³-hybridized carbons (Fsp3) is 0.360. The van der Waals surface area contributed by atoms with Gasteiger partial charge in [0.15, 0.2) is 5.78 Å². The van der Waals surface area contributed by atoms with E-state index < -0.39 is 0 Å². The Balaban J connectivity index is 1.21. The Labute approximate surface area is 206 Å². The molecule has 2 amide bonds. The second kappa shape index (κ2) is 11.4. The maximum atomic E-state index is 12.6. The first-order valence-electron chi connectivity index (χ1n) is 11.2. The normalized spacial score (nSPS) is 14.1. The van der Waals surface area contributed by atoms with E-state index in [1.165, 1.54) is 11.3 Å². The number of piperidine rings is 1. The number of ether oxygens (including phenoxy) is 1. The van der Waals surface area contributed by atoms with Crippen LogP contribution >= 0.6 is 22.7 Å². The fourth-order valence-electron chi connectivity index (χ4n) is 3.93. The van der Waals surface area contributed by atoms with Gasteiger partial charge in [-0.25, -0.2) is 4.98 Å². The van der Waals surface area contributed by atoms with Gasteiger partial charge in [0, 0.05) is 47.7 Å². The minimum Gasteiger partial charge on any atom is -0.497 e. The van der Waals surface area contributed by atoms with E-state index in [4.69, 9.17) is 4.74 Å². The van der Waals surface area contributed by atoms with Gasteiger partial charge in [-0.3, -0.25) is 14.4 Å². The first-order chi connectivity index (χ1) is 16.5. The first kappa shape index (κ1) is 24.1. The van der Waals surface area contributed by atoms with Crippen LogP contribution in [0.2, 0.25) is 0 Å². The van der Waals surface area contributed by atoms with Crippen molar-refractivity contribution in [1.82, 2.24) is 15.2 Å². The largest absolute Gasteiger partial charge is 0.497 e. The zero-order valence-corrected chi connectivity index (χ0v) is 20.6. The summed E-state index contributed by atoms with van der Waals surface area (Å²) in [5.41, 5.74) is 1.04. The summed E-state index contributed by atoms with van der Waals surface area (Å²) >= 11 is 3.11. The lowest BCUT2D eigenvalue weighted by atomic mass is 9.97. The molecule has 1 fully saturated rings. The smallest absolute Gasteiger partial charge is 0.271 e. The molecule has 3 aromatic rings. The molecule has 9 heteroatoms. The summed E-state index contributed by atoms with van der Waals surface area (Å²) in [5.74, 6) is 0.743. The molecule has 1 aliphatic rings. The second-order valence-corrected chi connectivity index (χ2v) is 10.1. The molecule has 0 aliphatic carbocycles. The number of carbonyl (C=O) groups excluding carboxylic acids is 3. The van der Waals surface area contributed by atoms with Crippen molar-refractivity contribution in [3.8, 4) is 5.75 Å². The second-order valence-electron chi connectivity index (χ2n) is 8.14. The van der Waals surface area contributed by atoms with Crippen molar-refractivity contribution in [2.45, 2.75) is 38.1 Å². The molecule has 178 valence electrons. The van der Waals surface area contributed by atoms with E-state index in [-0.39, 0.29) is 36.4 Å². The number of methoxy groups -OCH3 is 1. The molecule has 4 rings (SSSR count). The van der Waals surface area contributed by atoms with Crippen molar-refractivity contribution in [1.29, 1.82) is 0 Å². The lowest BCUT2D eigenvalue weighted by Gasteiger charge is -2.31. The Bertz CT molecular complexity index is 1120. The number of Topliss-reactive ketones (excluding diaryl/α,β-unsaturated/α-hetero) is 1. The third-order valence-electron chi connectivity index (χ3n) is 5.93. The van der Waals surface area contributed by atoms with Crippen LogP contribution in [0.25, 0.3) is 0 Å². The van der Waals surface area contributed by atoms with E-state index in [2.05, 4.69) is 10.3 Å². The van der Waals surface area contributed by atoms with Crippen LogP contribution in [-0.2, 0) is 11.3 Å². The molecule has 1 aliphatic heterocycles. The van der Waals surface area contributed by atoms with Crippen LogP contribution in [0.4, 0.5) is 0 Å². The molecule has 1 N–H and O–H groups in total. The number of rotatable bonds is 9. The van der Waals surface area contributed by atoms with E-state index >= 15 is 0 Å². The number of nitrogens with zero attached hydrogens (tertiary/aromatic N) is 2. The monoisotopic (exact) mass is 497 g/mol. The number of aromatic nitrogens is 1. The van der Waals surface area contributed by atoms with Crippen LogP contribution in [0.3, 0.4) is 0 Å². The fourth-order valence-corrected chi connectivity index (χ4v) is 5.54. The first-order valence-corrected chi connectivity index (χ1v) is 13.0. The maximum Gasteiger partial charge on any atom is 0.271 e. The average molecular weight is 498 g/mol. The molecular weight excluding hydrogens is 470 g/mol. The quantitative estimate of drug-likeness (QED) is 0.440. The number of hydrogen-bond donors (Lipinski definition) is 1. The van der Waals surface area contributed by atoms with Gasteiger partial charge in [-0.05, 0) is 48.6 Å². The van der Waals surface area contributed by atoms with Gasteiger partial charge in [0.05, 0.1) is 18.7 Å². The highest BCUT2D eigenvalue weighted by Gasteiger charge is 2.26. The molecule has 0 atom stereocenters. The summed E-state index contributed by atoms with van der Waals surface area (Å²) in [6.07, 6.45) is 2.02. The lowest BCUT2D eigenvalue weighted by molar-refractivity contribution is -0.132. The van der Waals surface area contributed by atoms with Crippen LogP contribution in [0, 0.1) is 0 Å². The van der Waals surface area contributed by atoms with Gasteiger partial charge in [-0.15, -0.1) is 22.7 Å². The van der Waals surface area contributed by atoms with E-state index in [0.29, 0.717) is 36.6 Å². The molecule has 3 heterocycles. The summed E-state index contributed by atoms with van der Waals surface area (Å²) in [6, 6.07) is 10.9. The van der Waals surface area contributed by atoms with Crippen LogP contribution in [-0.4, -0.2) is 47.7 Å². The number of nitrogens with one attached hydrogen (secondary N) is 1. The Morgan fingerprint density at radius 3 is 2.53 bits per heavy atom. The Morgan fingerprint density at radius 2 is 1.85 bits per heavy atom. The van der Waals surface area contributed by atoms with Crippen LogP contribution < -0.4 is 10.1 Å². The summed E-state index contributed by atoms with van der Waals surface area (Å²) in [4.78, 5) is 44.9. The van der Waals surface area contributed by atoms with Gasteiger partial charge in [0.2, 0.25) is 5.91 Å². The van der Waals surface area contributed by atoms with Crippen LogP contribution in [0.15, 0.2) is 47.2 Å². The van der Waals surface area contributed by atoms with Crippen molar-refractivity contribution in [3.05, 3.63) is 68.3 Å². The zero-order valence-electron chi connectivity index (χ0n) is 19.0. The van der Waals surface area contributed by atoms with Gasteiger partial charge in [-0.2, -0.15) is 0 Å². The summed E-state index contributed by atoms with van der Waals surface area (Å²) in [6.45, 7) is 1.78. The molecule has 0 bridgehead atoms. The number of likely N-dealkylation sites (tertiary alicyclic amines) is 1. The minimum absolute atomic E-state index is 0.00749. The number of thiazole rings is 1. The molecule has 7 nitrogen and oxygen atoms in total. The minimum atomic E-state index is -0.162.